The summed E-state index contributed by atoms with van der Waals surface area (Å²) in [5.74, 6) is 0. The minimum Gasteiger partial charge on any atom is -0.456 e. The van der Waals surface area contributed by atoms with Crippen molar-refractivity contribution in [3.8, 4) is 16.8 Å². The molecule has 0 aliphatic carbocycles. The second-order valence-corrected chi connectivity index (χ2v) is 13.7. The summed E-state index contributed by atoms with van der Waals surface area (Å²) in [7, 11) is 0. The van der Waals surface area contributed by atoms with E-state index in [1.54, 1.807) is 0 Å². The highest BCUT2D eigenvalue weighted by molar-refractivity contribution is 6.15. The van der Waals surface area contributed by atoms with Crippen molar-refractivity contribution in [1.29, 1.82) is 0 Å². The Labute approximate surface area is 306 Å². The van der Waals surface area contributed by atoms with E-state index >= 15 is 0 Å². The van der Waals surface area contributed by atoms with Gasteiger partial charge in [0.15, 0.2) is 0 Å². The molecule has 0 amide bonds. The fourth-order valence-electron chi connectivity index (χ4n) is 8.31. The van der Waals surface area contributed by atoms with E-state index in [1.165, 1.54) is 54.5 Å². The average Bonchev–Trinajstić information content (AvgIpc) is 3.76. The fraction of sp³-hybridized carbons (Fsp3) is 0. The highest BCUT2D eigenvalue weighted by atomic mass is 16.3. The Hall–Kier alpha value is -7.10. The highest BCUT2D eigenvalue weighted by Gasteiger charge is 2.18. The van der Waals surface area contributed by atoms with Gasteiger partial charge in [-0.05, 0) is 94.0 Å². The lowest BCUT2D eigenvalue weighted by Gasteiger charge is -2.27. The first-order chi connectivity index (χ1) is 26.3. The van der Waals surface area contributed by atoms with Gasteiger partial charge in [0, 0.05) is 50.1 Å². The molecule has 0 fully saturated rings. The number of benzene rings is 9. The number of para-hydroxylation sites is 3. The van der Waals surface area contributed by atoms with Crippen molar-refractivity contribution in [2.24, 2.45) is 0 Å². The third-order valence-corrected chi connectivity index (χ3v) is 10.8. The Morgan fingerprint density at radius 1 is 0.358 bits per heavy atom. The molecule has 0 atom stereocenters. The van der Waals surface area contributed by atoms with Crippen LogP contribution in [0.3, 0.4) is 0 Å². The van der Waals surface area contributed by atoms with Gasteiger partial charge >= 0.3 is 0 Å². The Morgan fingerprint density at radius 3 is 1.83 bits per heavy atom. The molecule has 3 heteroatoms. The van der Waals surface area contributed by atoms with Crippen LogP contribution in [0.25, 0.3) is 82.1 Å². The molecule has 0 saturated heterocycles. The predicted molar refractivity (Wildman–Crippen MR) is 223 cm³/mol. The second kappa shape index (κ2) is 11.7. The lowest BCUT2D eigenvalue weighted by atomic mass is 9.98. The zero-order valence-corrected chi connectivity index (χ0v) is 28.8. The maximum Gasteiger partial charge on any atom is 0.137 e. The summed E-state index contributed by atoms with van der Waals surface area (Å²) < 4.78 is 8.66. The summed E-state index contributed by atoms with van der Waals surface area (Å²) in [4.78, 5) is 2.38. The van der Waals surface area contributed by atoms with Crippen molar-refractivity contribution in [2.45, 2.75) is 0 Å². The number of hydrogen-bond donors (Lipinski definition) is 0. The molecule has 0 saturated carbocycles. The monoisotopic (exact) mass is 676 g/mol. The average molecular weight is 677 g/mol. The predicted octanol–water partition coefficient (Wildman–Crippen LogP) is 14.1. The van der Waals surface area contributed by atoms with Gasteiger partial charge in [-0.25, -0.2) is 0 Å². The molecule has 0 spiro atoms. The molecule has 11 rings (SSSR count). The molecule has 0 unspecified atom stereocenters. The highest BCUT2D eigenvalue weighted by Crippen LogP contribution is 2.43. The van der Waals surface area contributed by atoms with E-state index in [9.17, 15) is 0 Å². The van der Waals surface area contributed by atoms with E-state index in [-0.39, 0.29) is 0 Å². The molecule has 2 heterocycles. The first-order valence-corrected chi connectivity index (χ1v) is 18.1. The van der Waals surface area contributed by atoms with Crippen LogP contribution < -0.4 is 4.90 Å². The Bertz CT molecular complexity index is 3170. The van der Waals surface area contributed by atoms with Crippen LogP contribution in [0, 0.1) is 0 Å². The molecule has 0 bridgehead atoms. The third kappa shape index (κ3) is 4.68. The minimum atomic E-state index is 0.896. The van der Waals surface area contributed by atoms with Gasteiger partial charge < -0.3 is 13.9 Å². The SMILES string of the molecule is c1ccc(N(c2ccc(-c3ccc4c(c3)c3ccccc3n4-c3ccc4c(c3)oc3ccccc34)cc2)c2cc3ccccc3c3ccccc23)cc1. The van der Waals surface area contributed by atoms with Gasteiger partial charge in [-0.3, -0.25) is 0 Å². The van der Waals surface area contributed by atoms with Crippen molar-refractivity contribution in [1.82, 2.24) is 4.57 Å². The summed E-state index contributed by atoms with van der Waals surface area (Å²) >= 11 is 0. The molecule has 3 nitrogen and oxygen atoms in total. The molecule has 248 valence electrons. The summed E-state index contributed by atoms with van der Waals surface area (Å²) in [6.45, 7) is 0. The molecule has 0 aliphatic heterocycles. The van der Waals surface area contributed by atoms with E-state index in [0.717, 1.165) is 44.7 Å². The smallest absolute Gasteiger partial charge is 0.137 e. The summed E-state index contributed by atoms with van der Waals surface area (Å²) in [6, 6.07) is 69.8. The Kier molecular flexibility index (Phi) is 6.55. The van der Waals surface area contributed by atoms with Gasteiger partial charge in [0.05, 0.1) is 16.7 Å². The maximum absolute atomic E-state index is 6.30. The number of aromatic nitrogens is 1. The van der Waals surface area contributed by atoms with Crippen LogP contribution in [0.4, 0.5) is 17.1 Å². The number of fused-ring (bicyclic) bond motifs is 9. The number of rotatable bonds is 5. The first kappa shape index (κ1) is 29.6. The lowest BCUT2D eigenvalue weighted by molar-refractivity contribution is 0.668. The molecule has 53 heavy (non-hydrogen) atoms. The van der Waals surface area contributed by atoms with E-state index in [4.69, 9.17) is 4.42 Å². The summed E-state index contributed by atoms with van der Waals surface area (Å²) in [6.07, 6.45) is 0. The van der Waals surface area contributed by atoms with E-state index in [2.05, 4.69) is 191 Å². The van der Waals surface area contributed by atoms with Crippen molar-refractivity contribution in [3.05, 3.63) is 194 Å². The largest absolute Gasteiger partial charge is 0.456 e. The normalized spacial score (nSPS) is 11.8. The molecule has 0 N–H and O–H groups in total. The van der Waals surface area contributed by atoms with Crippen molar-refractivity contribution in [3.63, 3.8) is 0 Å². The van der Waals surface area contributed by atoms with E-state index in [1.807, 2.05) is 12.1 Å². The number of nitrogens with zero attached hydrogens (tertiary/aromatic N) is 2. The first-order valence-electron chi connectivity index (χ1n) is 18.1. The van der Waals surface area contributed by atoms with Crippen LogP contribution in [0.5, 0.6) is 0 Å². The molecule has 0 aliphatic rings. The zero-order chi connectivity index (χ0) is 34.9. The van der Waals surface area contributed by atoms with Crippen molar-refractivity contribution in [2.75, 3.05) is 4.90 Å². The van der Waals surface area contributed by atoms with Gasteiger partial charge in [0.25, 0.3) is 0 Å². The molecular weight excluding hydrogens is 645 g/mol. The van der Waals surface area contributed by atoms with E-state index < -0.39 is 0 Å². The van der Waals surface area contributed by atoms with Gasteiger partial charge in [0.2, 0.25) is 0 Å². The molecular formula is C50H32N2O. The quantitative estimate of drug-likeness (QED) is 0.169. The Balaban J connectivity index is 1.03. The van der Waals surface area contributed by atoms with Crippen LogP contribution in [0.2, 0.25) is 0 Å². The lowest BCUT2D eigenvalue weighted by Crippen LogP contribution is -2.10. The van der Waals surface area contributed by atoms with Crippen molar-refractivity contribution < 1.29 is 4.42 Å². The number of furan rings is 1. The topological polar surface area (TPSA) is 21.3 Å². The fourth-order valence-corrected chi connectivity index (χ4v) is 8.31. The van der Waals surface area contributed by atoms with Crippen LogP contribution in [0.15, 0.2) is 199 Å². The second-order valence-electron chi connectivity index (χ2n) is 13.7. The number of hydrogen-bond acceptors (Lipinski definition) is 2. The molecule has 9 aromatic carbocycles. The van der Waals surface area contributed by atoms with Crippen LogP contribution >= 0.6 is 0 Å². The molecule has 0 radical (unpaired) electrons. The molecule has 11 aromatic rings. The van der Waals surface area contributed by atoms with Gasteiger partial charge in [-0.2, -0.15) is 0 Å². The standard InChI is InChI=1S/C50H32N2O/c1-2-13-36(14-3-1)51(48-31-35-12-4-5-15-39(35)40-16-6-7-17-41(40)48)37-25-22-33(23-26-37)34-24-29-47-45(30-34)42-18-8-10-20-46(42)52(47)38-27-28-44-43-19-9-11-21-49(43)53-50(44)32-38/h1-32H. The minimum absolute atomic E-state index is 0.896. The summed E-state index contributed by atoms with van der Waals surface area (Å²) in [5.41, 5.74) is 11.0. The zero-order valence-electron chi connectivity index (χ0n) is 28.8. The van der Waals surface area contributed by atoms with Crippen molar-refractivity contribution >= 4 is 82.4 Å². The van der Waals surface area contributed by atoms with E-state index in [0.29, 0.717) is 0 Å². The van der Waals surface area contributed by atoms with Crippen LogP contribution in [0.1, 0.15) is 0 Å². The maximum atomic E-state index is 6.30. The third-order valence-electron chi connectivity index (χ3n) is 10.8. The van der Waals surface area contributed by atoms with Crippen LogP contribution in [-0.4, -0.2) is 4.57 Å². The molecule has 2 aromatic heterocycles. The van der Waals surface area contributed by atoms with Gasteiger partial charge in [-0.1, -0.05) is 121 Å². The van der Waals surface area contributed by atoms with Gasteiger partial charge in [0.1, 0.15) is 11.2 Å². The van der Waals surface area contributed by atoms with Gasteiger partial charge in [-0.15, -0.1) is 0 Å². The Morgan fingerprint density at radius 2 is 0.981 bits per heavy atom. The number of anilines is 3. The summed E-state index contributed by atoms with van der Waals surface area (Å²) in [5, 5.41) is 9.69. The van der Waals surface area contributed by atoms with Crippen LogP contribution in [-0.2, 0) is 0 Å².